The summed E-state index contributed by atoms with van der Waals surface area (Å²) in [5.74, 6) is -0.852. The molecular weight excluding hydrogens is 140 g/mol. The van der Waals surface area contributed by atoms with Crippen LogP contribution in [0.3, 0.4) is 0 Å². The van der Waals surface area contributed by atoms with Gasteiger partial charge in [0, 0.05) is 0 Å². The van der Waals surface area contributed by atoms with Crippen LogP contribution in [0.1, 0.15) is 27.2 Å². The second-order valence-corrected chi connectivity index (χ2v) is 2.53. The van der Waals surface area contributed by atoms with E-state index in [1.54, 1.807) is 19.9 Å². The predicted octanol–water partition coefficient (Wildman–Crippen LogP) is 2.37. The zero-order chi connectivity index (χ0) is 8.85. The van der Waals surface area contributed by atoms with Crippen LogP contribution in [0.4, 0.5) is 0 Å². The minimum Gasteiger partial charge on any atom is -0.478 e. The summed E-state index contributed by atoms with van der Waals surface area (Å²) >= 11 is 0. The molecule has 2 nitrogen and oxygen atoms in total. The number of carboxylic acid groups (broad SMARTS) is 1. The summed E-state index contributed by atoms with van der Waals surface area (Å²) in [5, 5.41) is 8.66. The summed E-state index contributed by atoms with van der Waals surface area (Å²) in [7, 11) is 0. The first-order chi connectivity index (χ1) is 5.09. The van der Waals surface area contributed by atoms with Crippen LogP contribution < -0.4 is 0 Å². The highest BCUT2D eigenvalue weighted by Crippen LogP contribution is 2.05. The van der Waals surface area contributed by atoms with E-state index in [9.17, 15) is 4.79 Å². The monoisotopic (exact) mass is 154 g/mol. The first-order valence-corrected chi connectivity index (χ1v) is 3.67. The van der Waals surface area contributed by atoms with Crippen LogP contribution in [0.15, 0.2) is 23.3 Å². The Balaban J connectivity index is 4.51. The van der Waals surface area contributed by atoms with Crippen molar-refractivity contribution in [3.05, 3.63) is 23.3 Å². The van der Waals surface area contributed by atoms with Crippen molar-refractivity contribution in [3.8, 4) is 0 Å². The summed E-state index contributed by atoms with van der Waals surface area (Å²) in [6, 6.07) is 0. The molecule has 0 aromatic rings. The molecule has 0 aliphatic heterocycles. The summed E-state index contributed by atoms with van der Waals surface area (Å²) in [4.78, 5) is 10.5. The minimum absolute atomic E-state index is 0.395. The van der Waals surface area contributed by atoms with Crippen molar-refractivity contribution in [2.24, 2.45) is 0 Å². The fourth-order valence-electron chi connectivity index (χ4n) is 0.688. The maximum absolute atomic E-state index is 10.5. The van der Waals surface area contributed by atoms with Crippen molar-refractivity contribution in [2.75, 3.05) is 0 Å². The van der Waals surface area contributed by atoms with E-state index in [0.717, 1.165) is 12.0 Å². The molecule has 0 rings (SSSR count). The molecule has 0 bridgehead atoms. The molecule has 62 valence electrons. The fourth-order valence-corrected chi connectivity index (χ4v) is 0.688. The predicted molar refractivity (Wildman–Crippen MR) is 45.4 cm³/mol. The van der Waals surface area contributed by atoms with Crippen molar-refractivity contribution >= 4 is 5.97 Å². The SMILES string of the molecule is CCC=CC(C(=O)O)=C(C)C. The van der Waals surface area contributed by atoms with Gasteiger partial charge in [-0.25, -0.2) is 4.79 Å². The molecule has 0 aromatic carbocycles. The van der Waals surface area contributed by atoms with Crippen LogP contribution in [-0.2, 0) is 4.79 Å². The molecule has 0 aliphatic carbocycles. The number of carbonyl (C=O) groups is 1. The normalized spacial score (nSPS) is 10.1. The summed E-state index contributed by atoms with van der Waals surface area (Å²) in [6.45, 7) is 5.56. The molecule has 0 radical (unpaired) electrons. The van der Waals surface area contributed by atoms with Gasteiger partial charge >= 0.3 is 5.97 Å². The van der Waals surface area contributed by atoms with Gasteiger partial charge in [-0.15, -0.1) is 0 Å². The molecule has 0 atom stereocenters. The minimum atomic E-state index is -0.852. The lowest BCUT2D eigenvalue weighted by Crippen LogP contribution is -1.99. The van der Waals surface area contributed by atoms with Gasteiger partial charge in [-0.3, -0.25) is 0 Å². The van der Waals surface area contributed by atoms with Crippen LogP contribution in [0, 0.1) is 0 Å². The fraction of sp³-hybridized carbons (Fsp3) is 0.444. The zero-order valence-corrected chi connectivity index (χ0v) is 7.22. The smallest absolute Gasteiger partial charge is 0.335 e. The molecule has 11 heavy (non-hydrogen) atoms. The Bertz CT molecular complexity index is 196. The second-order valence-electron chi connectivity index (χ2n) is 2.53. The third kappa shape index (κ3) is 3.61. The molecule has 0 amide bonds. The lowest BCUT2D eigenvalue weighted by Gasteiger charge is -1.96. The van der Waals surface area contributed by atoms with Crippen LogP contribution in [0.2, 0.25) is 0 Å². The van der Waals surface area contributed by atoms with Crippen molar-refractivity contribution < 1.29 is 9.90 Å². The van der Waals surface area contributed by atoms with Crippen LogP contribution >= 0.6 is 0 Å². The van der Waals surface area contributed by atoms with E-state index in [1.807, 2.05) is 13.0 Å². The lowest BCUT2D eigenvalue weighted by molar-refractivity contribution is -0.132. The average Bonchev–Trinajstić information content (AvgIpc) is 1.87. The third-order valence-corrected chi connectivity index (χ3v) is 1.29. The largest absolute Gasteiger partial charge is 0.478 e. The van der Waals surface area contributed by atoms with E-state index in [4.69, 9.17) is 5.11 Å². The summed E-state index contributed by atoms with van der Waals surface area (Å²) < 4.78 is 0. The molecule has 0 heterocycles. The highest BCUT2D eigenvalue weighted by molar-refractivity contribution is 5.90. The van der Waals surface area contributed by atoms with Gasteiger partial charge < -0.3 is 5.11 Å². The van der Waals surface area contributed by atoms with Gasteiger partial charge in [-0.1, -0.05) is 24.6 Å². The molecule has 0 saturated heterocycles. The number of allylic oxidation sites excluding steroid dienone is 2. The Morgan fingerprint density at radius 1 is 1.45 bits per heavy atom. The van der Waals surface area contributed by atoms with Gasteiger partial charge in [-0.05, 0) is 20.3 Å². The number of aliphatic carboxylic acids is 1. The molecular formula is C9H14O2. The van der Waals surface area contributed by atoms with Crippen LogP contribution in [0.25, 0.3) is 0 Å². The van der Waals surface area contributed by atoms with E-state index >= 15 is 0 Å². The van der Waals surface area contributed by atoms with E-state index in [1.165, 1.54) is 0 Å². The first kappa shape index (κ1) is 9.95. The Morgan fingerprint density at radius 2 is 2.00 bits per heavy atom. The van der Waals surface area contributed by atoms with E-state index < -0.39 is 5.97 Å². The highest BCUT2D eigenvalue weighted by Gasteiger charge is 2.03. The maximum Gasteiger partial charge on any atom is 0.335 e. The van der Waals surface area contributed by atoms with Gasteiger partial charge in [0.1, 0.15) is 0 Å². The first-order valence-electron chi connectivity index (χ1n) is 3.67. The molecule has 0 fully saturated rings. The Hall–Kier alpha value is -1.05. The quantitative estimate of drug-likeness (QED) is 0.500. The number of hydrogen-bond acceptors (Lipinski definition) is 1. The van der Waals surface area contributed by atoms with Crippen molar-refractivity contribution in [1.29, 1.82) is 0 Å². The van der Waals surface area contributed by atoms with Gasteiger partial charge in [0.2, 0.25) is 0 Å². The van der Waals surface area contributed by atoms with Crippen LogP contribution in [0.5, 0.6) is 0 Å². The molecule has 1 N–H and O–H groups in total. The molecule has 0 aromatic heterocycles. The Kier molecular flexibility index (Phi) is 4.27. The number of hydrogen-bond donors (Lipinski definition) is 1. The second kappa shape index (κ2) is 4.72. The average molecular weight is 154 g/mol. The van der Waals surface area contributed by atoms with Crippen molar-refractivity contribution in [1.82, 2.24) is 0 Å². The summed E-state index contributed by atoms with van der Waals surface area (Å²) in [6.07, 6.45) is 4.36. The van der Waals surface area contributed by atoms with E-state index in [0.29, 0.717) is 5.57 Å². The molecule has 0 spiro atoms. The molecule has 0 saturated carbocycles. The van der Waals surface area contributed by atoms with Gasteiger partial charge in [0.25, 0.3) is 0 Å². The van der Waals surface area contributed by atoms with E-state index in [2.05, 4.69) is 0 Å². The Labute approximate surface area is 67.2 Å². The van der Waals surface area contributed by atoms with E-state index in [-0.39, 0.29) is 0 Å². The standard InChI is InChI=1S/C9H14O2/c1-4-5-6-8(7(2)3)9(10)11/h5-6H,4H2,1-3H3,(H,10,11). The molecule has 0 unspecified atom stereocenters. The maximum atomic E-state index is 10.5. The number of carboxylic acids is 1. The van der Waals surface area contributed by atoms with Crippen molar-refractivity contribution in [3.63, 3.8) is 0 Å². The zero-order valence-electron chi connectivity index (χ0n) is 7.22. The summed E-state index contributed by atoms with van der Waals surface area (Å²) in [5.41, 5.74) is 1.23. The topological polar surface area (TPSA) is 37.3 Å². The van der Waals surface area contributed by atoms with Crippen LogP contribution in [-0.4, -0.2) is 11.1 Å². The van der Waals surface area contributed by atoms with Gasteiger partial charge in [0.15, 0.2) is 0 Å². The third-order valence-electron chi connectivity index (χ3n) is 1.29. The molecule has 2 heteroatoms. The van der Waals surface area contributed by atoms with Gasteiger partial charge in [-0.2, -0.15) is 0 Å². The molecule has 0 aliphatic rings. The number of rotatable bonds is 3. The van der Waals surface area contributed by atoms with Gasteiger partial charge in [0.05, 0.1) is 5.57 Å². The Morgan fingerprint density at radius 3 is 2.27 bits per heavy atom. The van der Waals surface area contributed by atoms with Crippen molar-refractivity contribution in [2.45, 2.75) is 27.2 Å². The lowest BCUT2D eigenvalue weighted by atomic mass is 10.1. The highest BCUT2D eigenvalue weighted by atomic mass is 16.4.